The molecule has 0 spiro atoms. The highest BCUT2D eigenvalue weighted by Gasteiger charge is 2.30. The Morgan fingerprint density at radius 1 is 1.07 bits per heavy atom. The van der Waals surface area contributed by atoms with Crippen molar-refractivity contribution in [2.75, 3.05) is 25.3 Å². The van der Waals surface area contributed by atoms with E-state index in [1.807, 2.05) is 42.5 Å². The lowest BCUT2D eigenvalue weighted by molar-refractivity contribution is -0.138. The van der Waals surface area contributed by atoms with Gasteiger partial charge in [0.1, 0.15) is 22.9 Å². The fraction of sp³-hybridized carbons (Fsp3) is 0.414. The zero-order valence-corrected chi connectivity index (χ0v) is 24.1. The number of aromatic nitrogens is 2. The largest absolute Gasteiger partial charge is 0.497 e. The summed E-state index contributed by atoms with van der Waals surface area (Å²) >= 11 is 5.41. The second kappa shape index (κ2) is 12.6. The molecule has 1 heterocycles. The van der Waals surface area contributed by atoms with Crippen molar-refractivity contribution < 1.29 is 23.7 Å². The van der Waals surface area contributed by atoms with Crippen molar-refractivity contribution in [2.24, 2.45) is 0 Å². The molecule has 214 valence electrons. The number of carbonyl (C=O) groups is 1. The van der Waals surface area contributed by atoms with Gasteiger partial charge in [0, 0.05) is 0 Å². The summed E-state index contributed by atoms with van der Waals surface area (Å²) in [5.74, 6) is 1.51. The molecule has 1 amide bonds. The maximum atomic E-state index is 13.2. The molecule has 0 radical (unpaired) electrons. The van der Waals surface area contributed by atoms with E-state index in [4.69, 9.17) is 36.9 Å². The molecule has 11 heteroatoms. The number of hydrogen-bond acceptors (Lipinski definition) is 8. The van der Waals surface area contributed by atoms with Crippen LogP contribution in [0.4, 0.5) is 11.5 Å². The summed E-state index contributed by atoms with van der Waals surface area (Å²) in [5.41, 5.74) is 6.13. The van der Waals surface area contributed by atoms with E-state index in [0.29, 0.717) is 11.5 Å². The first-order valence-electron chi connectivity index (χ1n) is 13.2. The maximum absolute atomic E-state index is 13.2. The number of nitrogens with zero attached hydrogens (tertiary/aromatic N) is 1. The number of H-pyrrole nitrogens is 1. The molecule has 4 N–H and O–H groups in total. The zero-order valence-electron chi connectivity index (χ0n) is 23.2. The molecule has 1 aliphatic rings. The van der Waals surface area contributed by atoms with E-state index in [9.17, 15) is 9.59 Å². The molecular formula is C29H36N4O6S. The fourth-order valence-corrected chi connectivity index (χ4v) is 4.72. The number of anilines is 2. The minimum atomic E-state index is -1.27. The van der Waals surface area contributed by atoms with E-state index in [1.54, 1.807) is 32.6 Å². The number of benzene rings is 2. The Kier molecular flexibility index (Phi) is 9.16. The average molecular weight is 569 g/mol. The van der Waals surface area contributed by atoms with Crippen LogP contribution in [0.15, 0.2) is 47.3 Å². The lowest BCUT2D eigenvalue weighted by Crippen LogP contribution is -2.41. The molecule has 4 rings (SSSR count). The highest BCUT2D eigenvalue weighted by molar-refractivity contribution is 7.71. The monoisotopic (exact) mass is 568 g/mol. The van der Waals surface area contributed by atoms with E-state index in [-0.39, 0.29) is 35.5 Å². The Labute approximate surface area is 238 Å². The topological polar surface area (TPSA) is 130 Å². The SMILES string of the molecule is COc1ccc(COC(C)(C)C(=O)Nc2c(N)n(Cc3ccc(OC)c(OC4CCCC4)c3)c(=S)[nH]c2=O)cc1. The van der Waals surface area contributed by atoms with E-state index in [2.05, 4.69) is 10.3 Å². The van der Waals surface area contributed by atoms with Crippen molar-refractivity contribution in [3.05, 3.63) is 68.7 Å². The average Bonchev–Trinajstić information content (AvgIpc) is 3.45. The number of rotatable bonds is 11. The number of nitrogens with one attached hydrogen (secondary N) is 2. The Balaban J connectivity index is 1.52. The van der Waals surface area contributed by atoms with Crippen LogP contribution in [0.2, 0.25) is 0 Å². The molecule has 1 fully saturated rings. The zero-order chi connectivity index (χ0) is 28.9. The van der Waals surface area contributed by atoms with Crippen LogP contribution in [0.3, 0.4) is 0 Å². The normalized spacial score (nSPS) is 13.7. The molecule has 3 aromatic rings. The van der Waals surface area contributed by atoms with Gasteiger partial charge in [-0.25, -0.2) is 0 Å². The molecule has 0 unspecified atom stereocenters. The number of nitrogen functional groups attached to an aromatic ring is 1. The molecular weight excluding hydrogens is 532 g/mol. The lowest BCUT2D eigenvalue weighted by atomic mass is 10.1. The summed E-state index contributed by atoms with van der Waals surface area (Å²) < 4.78 is 24.4. The van der Waals surface area contributed by atoms with Crippen molar-refractivity contribution in [3.63, 3.8) is 0 Å². The van der Waals surface area contributed by atoms with Gasteiger partial charge >= 0.3 is 0 Å². The first-order valence-corrected chi connectivity index (χ1v) is 13.6. The van der Waals surface area contributed by atoms with Crippen LogP contribution >= 0.6 is 12.2 Å². The van der Waals surface area contributed by atoms with Crippen molar-refractivity contribution >= 4 is 29.6 Å². The van der Waals surface area contributed by atoms with Gasteiger partial charge in [-0.2, -0.15) is 0 Å². The van der Waals surface area contributed by atoms with Crippen LogP contribution in [-0.4, -0.2) is 41.4 Å². The molecule has 40 heavy (non-hydrogen) atoms. The highest BCUT2D eigenvalue weighted by atomic mass is 32.1. The number of hydrogen-bond donors (Lipinski definition) is 3. The van der Waals surface area contributed by atoms with Gasteiger partial charge < -0.3 is 30.0 Å². The van der Waals surface area contributed by atoms with Crippen molar-refractivity contribution in [1.29, 1.82) is 0 Å². The minimum Gasteiger partial charge on any atom is -0.497 e. The van der Waals surface area contributed by atoms with Gasteiger partial charge in [0.2, 0.25) is 0 Å². The minimum absolute atomic E-state index is 0.0298. The number of aromatic amines is 1. The second-order valence-corrected chi connectivity index (χ2v) is 10.6. The van der Waals surface area contributed by atoms with Crippen LogP contribution in [0.1, 0.15) is 50.7 Å². The number of methoxy groups -OCH3 is 2. The molecule has 0 saturated heterocycles. The van der Waals surface area contributed by atoms with E-state index < -0.39 is 17.1 Å². The molecule has 0 bridgehead atoms. The van der Waals surface area contributed by atoms with E-state index in [1.165, 1.54) is 0 Å². The predicted molar refractivity (Wildman–Crippen MR) is 156 cm³/mol. The smallest absolute Gasteiger partial charge is 0.277 e. The second-order valence-electron chi connectivity index (χ2n) is 10.2. The third-order valence-electron chi connectivity index (χ3n) is 6.95. The molecule has 2 aromatic carbocycles. The summed E-state index contributed by atoms with van der Waals surface area (Å²) in [5, 5.41) is 2.64. The number of carbonyl (C=O) groups excluding carboxylic acids is 1. The Hall–Kier alpha value is -3.83. The molecule has 1 aliphatic carbocycles. The number of nitrogens with two attached hydrogens (primary N) is 1. The van der Waals surface area contributed by atoms with E-state index >= 15 is 0 Å². The van der Waals surface area contributed by atoms with Crippen molar-refractivity contribution in [2.45, 2.75) is 64.4 Å². The van der Waals surface area contributed by atoms with Gasteiger partial charge in [0.15, 0.2) is 16.3 Å². The summed E-state index contributed by atoms with van der Waals surface area (Å²) in [4.78, 5) is 28.6. The van der Waals surface area contributed by atoms with Gasteiger partial charge in [0.25, 0.3) is 11.5 Å². The van der Waals surface area contributed by atoms with Gasteiger partial charge in [0.05, 0.1) is 33.5 Å². The molecule has 1 saturated carbocycles. The van der Waals surface area contributed by atoms with Gasteiger partial charge in [-0.1, -0.05) is 18.2 Å². The number of ether oxygens (including phenoxy) is 4. The first kappa shape index (κ1) is 29.2. The molecule has 0 atom stereocenters. The quantitative estimate of drug-likeness (QED) is 0.281. The molecule has 0 aliphatic heterocycles. The van der Waals surface area contributed by atoms with Gasteiger partial charge in [-0.3, -0.25) is 19.1 Å². The molecule has 1 aromatic heterocycles. The summed E-state index contributed by atoms with van der Waals surface area (Å²) in [6.07, 6.45) is 4.46. The third-order valence-corrected chi connectivity index (χ3v) is 7.27. The van der Waals surface area contributed by atoms with Gasteiger partial charge in [-0.15, -0.1) is 0 Å². The summed E-state index contributed by atoms with van der Waals surface area (Å²) in [6.45, 7) is 3.67. The number of amides is 1. The fourth-order valence-electron chi connectivity index (χ4n) is 4.46. The summed E-state index contributed by atoms with van der Waals surface area (Å²) in [6, 6.07) is 12.9. The first-order chi connectivity index (χ1) is 19.1. The standard InChI is InChI=1S/C29H36N4O6S/c1-29(2,38-17-18-9-12-20(36-3)13-10-18)27(35)31-24-25(30)33(28(40)32-26(24)34)16-19-11-14-22(37-4)23(15-19)39-21-7-5-6-8-21/h9-15,21H,5-8,16-17,30H2,1-4H3,(H,31,35)(H,32,34,40). The lowest BCUT2D eigenvalue weighted by Gasteiger charge is -2.25. The Morgan fingerprint density at radius 2 is 1.75 bits per heavy atom. The van der Waals surface area contributed by atoms with Gasteiger partial charge in [-0.05, 0) is 87.1 Å². The molecule has 10 nitrogen and oxygen atoms in total. The van der Waals surface area contributed by atoms with Crippen molar-refractivity contribution in [3.8, 4) is 17.2 Å². The van der Waals surface area contributed by atoms with Crippen LogP contribution in [0.25, 0.3) is 0 Å². The van der Waals surface area contributed by atoms with Crippen LogP contribution in [-0.2, 0) is 22.7 Å². The van der Waals surface area contributed by atoms with E-state index in [0.717, 1.165) is 42.6 Å². The highest BCUT2D eigenvalue weighted by Crippen LogP contribution is 2.33. The Bertz CT molecular complexity index is 1460. The third kappa shape index (κ3) is 6.83. The van der Waals surface area contributed by atoms with Crippen LogP contribution in [0.5, 0.6) is 17.2 Å². The predicted octanol–water partition coefficient (Wildman–Crippen LogP) is 4.81. The van der Waals surface area contributed by atoms with Crippen LogP contribution < -0.4 is 30.8 Å². The van der Waals surface area contributed by atoms with Crippen LogP contribution in [0, 0.1) is 4.77 Å². The Morgan fingerprint density at radius 3 is 2.40 bits per heavy atom. The summed E-state index contributed by atoms with van der Waals surface area (Å²) in [7, 11) is 3.19. The van der Waals surface area contributed by atoms with Crippen molar-refractivity contribution in [1.82, 2.24) is 9.55 Å². The maximum Gasteiger partial charge on any atom is 0.277 e.